The molecule has 0 unspecified atom stereocenters. The van der Waals surface area contributed by atoms with E-state index >= 15 is 0 Å². The number of anilines is 1. The summed E-state index contributed by atoms with van der Waals surface area (Å²) in [5.41, 5.74) is 8.31. The molecule has 0 saturated heterocycles. The van der Waals surface area contributed by atoms with Crippen LogP contribution in [0.3, 0.4) is 0 Å². The number of halogens is 1. The fourth-order valence-corrected chi connectivity index (χ4v) is 2.08. The molecule has 2 heterocycles. The normalized spacial score (nSPS) is 10.7. The Kier molecular flexibility index (Phi) is 3.16. The van der Waals surface area contributed by atoms with Crippen molar-refractivity contribution in [2.75, 3.05) is 5.73 Å². The van der Waals surface area contributed by atoms with Gasteiger partial charge in [0.05, 0.1) is 18.2 Å². The van der Waals surface area contributed by atoms with Crippen LogP contribution in [0.25, 0.3) is 11.3 Å². The topological polar surface area (TPSA) is 56.7 Å². The van der Waals surface area contributed by atoms with Gasteiger partial charge in [-0.3, -0.25) is 0 Å². The molecule has 2 N–H and O–H groups in total. The van der Waals surface area contributed by atoms with Crippen LogP contribution in [0.1, 0.15) is 5.56 Å². The van der Waals surface area contributed by atoms with Crippen LogP contribution in [0.2, 0.25) is 0 Å². The quantitative estimate of drug-likeness (QED) is 0.794. The predicted molar refractivity (Wildman–Crippen MR) is 75.4 cm³/mol. The lowest BCUT2D eigenvalue weighted by Crippen LogP contribution is -2.01. The molecule has 0 spiro atoms. The number of hydrogen-bond donors (Lipinski definition) is 1. The van der Waals surface area contributed by atoms with E-state index < -0.39 is 0 Å². The average molecular weight is 268 g/mol. The maximum absolute atomic E-state index is 13.2. The maximum atomic E-state index is 13.2. The van der Waals surface area contributed by atoms with Crippen molar-refractivity contribution >= 4 is 5.82 Å². The molecule has 0 radical (unpaired) electrons. The second-order valence-corrected chi connectivity index (χ2v) is 4.51. The summed E-state index contributed by atoms with van der Waals surface area (Å²) >= 11 is 0. The Morgan fingerprint density at radius 2 is 2.05 bits per heavy atom. The Balaban J connectivity index is 1.92. The molecule has 0 amide bonds. The minimum atomic E-state index is -0.238. The Morgan fingerprint density at radius 3 is 2.80 bits per heavy atom. The Morgan fingerprint density at radius 1 is 1.15 bits per heavy atom. The number of aromatic nitrogens is 3. The van der Waals surface area contributed by atoms with Crippen LogP contribution in [0.4, 0.5) is 10.2 Å². The number of rotatable bonds is 3. The highest BCUT2D eigenvalue weighted by Crippen LogP contribution is 2.20. The van der Waals surface area contributed by atoms with Crippen LogP contribution in [0.5, 0.6) is 0 Å². The fourth-order valence-electron chi connectivity index (χ4n) is 2.08. The molecular weight excluding hydrogens is 255 g/mol. The number of nitrogens with two attached hydrogens (primary N) is 1. The summed E-state index contributed by atoms with van der Waals surface area (Å²) < 4.78 is 15.2. The first-order valence-corrected chi connectivity index (χ1v) is 6.19. The lowest BCUT2D eigenvalue weighted by Gasteiger charge is -2.08. The van der Waals surface area contributed by atoms with E-state index in [2.05, 4.69) is 9.97 Å². The smallest absolute Gasteiger partial charge is 0.123 e. The van der Waals surface area contributed by atoms with Gasteiger partial charge in [0.25, 0.3) is 0 Å². The summed E-state index contributed by atoms with van der Waals surface area (Å²) in [5.74, 6) is 0.239. The molecule has 0 aliphatic heterocycles. The molecule has 100 valence electrons. The number of hydrogen-bond acceptors (Lipinski definition) is 3. The summed E-state index contributed by atoms with van der Waals surface area (Å²) in [6.45, 7) is 0.553. The van der Waals surface area contributed by atoms with Gasteiger partial charge in [-0.1, -0.05) is 12.1 Å². The zero-order valence-electron chi connectivity index (χ0n) is 10.7. The van der Waals surface area contributed by atoms with Crippen molar-refractivity contribution in [3.05, 3.63) is 66.5 Å². The van der Waals surface area contributed by atoms with E-state index in [1.54, 1.807) is 30.9 Å². The van der Waals surface area contributed by atoms with E-state index in [0.717, 1.165) is 16.8 Å². The second-order valence-electron chi connectivity index (χ2n) is 4.51. The van der Waals surface area contributed by atoms with Crippen LogP contribution in [0, 0.1) is 5.82 Å². The van der Waals surface area contributed by atoms with Crippen LogP contribution < -0.4 is 5.73 Å². The first kappa shape index (κ1) is 12.3. The van der Waals surface area contributed by atoms with Crippen molar-refractivity contribution in [3.63, 3.8) is 0 Å². The van der Waals surface area contributed by atoms with Gasteiger partial charge in [0.15, 0.2) is 0 Å². The van der Waals surface area contributed by atoms with Gasteiger partial charge in [-0.05, 0) is 29.8 Å². The van der Waals surface area contributed by atoms with Gasteiger partial charge >= 0.3 is 0 Å². The first-order valence-electron chi connectivity index (χ1n) is 6.19. The summed E-state index contributed by atoms with van der Waals surface area (Å²) in [6.07, 6.45) is 5.18. The molecule has 20 heavy (non-hydrogen) atoms. The van der Waals surface area contributed by atoms with Gasteiger partial charge < -0.3 is 10.3 Å². The summed E-state index contributed by atoms with van der Waals surface area (Å²) in [5, 5.41) is 0. The molecule has 0 saturated carbocycles. The predicted octanol–water partition coefficient (Wildman–Crippen LogP) is 2.71. The molecule has 3 rings (SSSR count). The summed E-state index contributed by atoms with van der Waals surface area (Å²) in [7, 11) is 0. The van der Waals surface area contributed by atoms with Gasteiger partial charge in [-0.25, -0.2) is 14.4 Å². The fraction of sp³-hybridized carbons (Fsp3) is 0.0667. The van der Waals surface area contributed by atoms with E-state index in [1.807, 2.05) is 16.7 Å². The Hall–Kier alpha value is -2.69. The molecule has 0 aliphatic rings. The lowest BCUT2D eigenvalue weighted by atomic mass is 10.2. The van der Waals surface area contributed by atoms with Gasteiger partial charge in [0, 0.05) is 18.3 Å². The molecule has 2 aromatic heterocycles. The zero-order chi connectivity index (χ0) is 13.9. The SMILES string of the molecule is Nc1ccc(-c2cncn2Cc2cccc(F)c2)cn1. The molecular formula is C15H13FN4. The summed E-state index contributed by atoms with van der Waals surface area (Å²) in [4.78, 5) is 8.22. The van der Waals surface area contributed by atoms with E-state index in [-0.39, 0.29) is 5.82 Å². The van der Waals surface area contributed by atoms with Crippen molar-refractivity contribution in [3.8, 4) is 11.3 Å². The minimum Gasteiger partial charge on any atom is -0.384 e. The number of nitrogen functional groups attached to an aromatic ring is 1. The molecule has 1 aromatic carbocycles. The number of pyridine rings is 1. The number of imidazole rings is 1. The van der Waals surface area contributed by atoms with Crippen molar-refractivity contribution in [1.82, 2.24) is 14.5 Å². The van der Waals surface area contributed by atoms with Crippen molar-refractivity contribution < 1.29 is 4.39 Å². The maximum Gasteiger partial charge on any atom is 0.123 e. The van der Waals surface area contributed by atoms with E-state index in [1.165, 1.54) is 12.1 Å². The van der Waals surface area contributed by atoms with Gasteiger partial charge in [-0.15, -0.1) is 0 Å². The largest absolute Gasteiger partial charge is 0.384 e. The highest BCUT2D eigenvalue weighted by Gasteiger charge is 2.06. The van der Waals surface area contributed by atoms with Crippen LogP contribution in [0.15, 0.2) is 55.1 Å². The van der Waals surface area contributed by atoms with Gasteiger partial charge in [0.1, 0.15) is 11.6 Å². The second kappa shape index (κ2) is 5.13. The number of benzene rings is 1. The monoisotopic (exact) mass is 268 g/mol. The average Bonchev–Trinajstić information content (AvgIpc) is 2.88. The highest BCUT2D eigenvalue weighted by molar-refractivity contribution is 5.59. The molecule has 0 aliphatic carbocycles. The van der Waals surface area contributed by atoms with Gasteiger partial charge in [0.2, 0.25) is 0 Å². The van der Waals surface area contributed by atoms with Crippen LogP contribution in [-0.2, 0) is 6.54 Å². The minimum absolute atomic E-state index is 0.238. The van der Waals surface area contributed by atoms with Crippen molar-refractivity contribution in [1.29, 1.82) is 0 Å². The highest BCUT2D eigenvalue weighted by atomic mass is 19.1. The van der Waals surface area contributed by atoms with E-state index in [4.69, 9.17) is 5.73 Å². The molecule has 5 heteroatoms. The van der Waals surface area contributed by atoms with Crippen LogP contribution >= 0.6 is 0 Å². The molecule has 0 bridgehead atoms. The zero-order valence-corrected chi connectivity index (χ0v) is 10.7. The van der Waals surface area contributed by atoms with Gasteiger partial charge in [-0.2, -0.15) is 0 Å². The lowest BCUT2D eigenvalue weighted by molar-refractivity contribution is 0.623. The summed E-state index contributed by atoms with van der Waals surface area (Å²) in [6, 6.07) is 10.2. The Bertz CT molecular complexity index is 719. The van der Waals surface area contributed by atoms with Crippen LogP contribution in [-0.4, -0.2) is 14.5 Å². The molecule has 0 atom stereocenters. The third-order valence-electron chi connectivity index (χ3n) is 3.04. The third-order valence-corrected chi connectivity index (χ3v) is 3.04. The van der Waals surface area contributed by atoms with Crippen molar-refractivity contribution in [2.24, 2.45) is 0 Å². The standard InChI is InChI=1S/C15H13FN4/c16-13-3-1-2-11(6-13)9-20-10-18-8-14(20)12-4-5-15(17)19-7-12/h1-8,10H,9H2,(H2,17,19). The number of nitrogens with zero attached hydrogens (tertiary/aromatic N) is 3. The van der Waals surface area contributed by atoms with Crippen molar-refractivity contribution in [2.45, 2.75) is 6.54 Å². The molecule has 4 nitrogen and oxygen atoms in total. The Labute approximate surface area is 115 Å². The third kappa shape index (κ3) is 2.51. The molecule has 3 aromatic rings. The van der Waals surface area contributed by atoms with E-state index in [0.29, 0.717) is 12.4 Å². The first-order chi connectivity index (χ1) is 9.72. The molecule has 0 fully saturated rings. The van der Waals surface area contributed by atoms with E-state index in [9.17, 15) is 4.39 Å².